The molecule has 328 valence electrons. The molecule has 0 saturated carbocycles. The van der Waals surface area contributed by atoms with Crippen molar-refractivity contribution in [1.82, 2.24) is 78.1 Å². The number of aryl methyl sites for hydroxylation is 6. The van der Waals surface area contributed by atoms with Crippen LogP contribution in [0.25, 0.3) is 0 Å². The maximum Gasteiger partial charge on any atom is 0.167 e. The molecule has 60 heavy (non-hydrogen) atoms. The first kappa shape index (κ1) is 53.8. The number of hydrogen-bond donors (Lipinski definition) is 4. The van der Waals surface area contributed by atoms with Crippen molar-refractivity contribution in [2.45, 2.75) is 58.6 Å². The summed E-state index contributed by atoms with van der Waals surface area (Å²) in [5.41, 5.74) is 0. The molecule has 0 amide bonds. The van der Waals surface area contributed by atoms with E-state index in [1.54, 1.807) is 120 Å². The zero-order valence-corrected chi connectivity index (χ0v) is 41.4. The minimum absolute atomic E-state index is 0.968. The molecule has 8 heterocycles. The molecule has 0 bridgehead atoms. The quantitative estimate of drug-likeness (QED) is 0.106. The van der Waals surface area contributed by atoms with Gasteiger partial charge in [-0.05, 0) is 50.4 Å². The van der Waals surface area contributed by atoms with Crippen molar-refractivity contribution in [3.63, 3.8) is 0 Å². The average Bonchev–Trinajstić information content (AvgIpc) is 4.10. The number of H-pyrrole nitrogens is 4. The standard InChI is InChI=1S/C6H10N2S.3C5H8N2S.C5H8N2.2C4H6N2S.C4H6N2/c1-3-9-6-7-4-5-8(6)2;2*1-7-4-3-6-5(7)8-2;1-2-8-5-6-3-4-7-5;1-5-6-3-4-7(5)2;2*1-7-4-5-2-3-6-4;1-4-5-2-3-6-4/h4-5H,3H2,1-2H3;2*3-4H,1-2H3;3-4H,2H2,1H3,(H,6,7);3-4H,1-2H3;2*2-3H,1H3,(H,5,6);2-3H,1H3,(H,5,6). The number of aromatic nitrogens is 16. The van der Waals surface area contributed by atoms with Gasteiger partial charge in [0.05, 0.1) is 0 Å². The molecule has 0 fully saturated rings. The maximum absolute atomic E-state index is 4.13. The molecule has 8 aromatic rings. The van der Waals surface area contributed by atoms with Gasteiger partial charge >= 0.3 is 0 Å². The van der Waals surface area contributed by atoms with Gasteiger partial charge in [-0.3, -0.25) is 0 Å². The van der Waals surface area contributed by atoms with Gasteiger partial charge in [-0.15, -0.1) is 0 Å². The van der Waals surface area contributed by atoms with E-state index < -0.39 is 0 Å². The number of aromatic amines is 4. The van der Waals surface area contributed by atoms with Crippen LogP contribution >= 0.6 is 70.6 Å². The van der Waals surface area contributed by atoms with Gasteiger partial charge in [0, 0.05) is 127 Å². The Kier molecular flexibility index (Phi) is 30.9. The minimum atomic E-state index is 0.968. The van der Waals surface area contributed by atoms with Gasteiger partial charge in [0.15, 0.2) is 30.9 Å². The van der Waals surface area contributed by atoms with E-state index in [2.05, 4.69) is 73.7 Å². The van der Waals surface area contributed by atoms with Gasteiger partial charge in [-0.2, -0.15) is 0 Å². The third-order valence-electron chi connectivity index (χ3n) is 6.75. The molecule has 4 N–H and O–H groups in total. The molecule has 0 unspecified atom stereocenters. The van der Waals surface area contributed by atoms with E-state index in [4.69, 9.17) is 0 Å². The Morgan fingerprint density at radius 3 is 1.00 bits per heavy atom. The zero-order valence-electron chi connectivity index (χ0n) is 36.5. The summed E-state index contributed by atoms with van der Waals surface area (Å²) >= 11 is 10.0. The van der Waals surface area contributed by atoms with Crippen molar-refractivity contribution in [1.29, 1.82) is 0 Å². The number of thioether (sulfide) groups is 6. The Hall–Kier alpha value is -4.22. The molecular weight excluding hydrogens is 873 g/mol. The SMILES string of the molecule is CCSc1ncc[nH]1.CCSc1nccn1C.CSc1ncc[nH]1.CSc1ncc[nH]1.CSc1nccn1C.CSc1nccn1C.Cc1ncc[nH]1.Cc1nccn1C. The van der Waals surface area contributed by atoms with Crippen molar-refractivity contribution in [2.75, 3.05) is 36.5 Å². The number of rotatable bonds is 8. The van der Waals surface area contributed by atoms with Gasteiger partial charge in [-0.1, -0.05) is 84.4 Å². The molecule has 0 aliphatic rings. The molecule has 0 atom stereocenters. The second kappa shape index (κ2) is 34.5. The van der Waals surface area contributed by atoms with Crippen molar-refractivity contribution in [2.24, 2.45) is 28.2 Å². The van der Waals surface area contributed by atoms with Crippen LogP contribution in [0.15, 0.2) is 130 Å². The van der Waals surface area contributed by atoms with Gasteiger partial charge in [-0.25, -0.2) is 39.9 Å². The van der Waals surface area contributed by atoms with Gasteiger partial charge < -0.3 is 38.2 Å². The lowest BCUT2D eigenvalue weighted by atomic mass is 10.7. The van der Waals surface area contributed by atoms with Crippen LogP contribution in [-0.2, 0) is 28.2 Å². The zero-order chi connectivity index (χ0) is 44.4. The van der Waals surface area contributed by atoms with Crippen LogP contribution in [0.4, 0.5) is 0 Å². The van der Waals surface area contributed by atoms with Crippen LogP contribution in [0.1, 0.15) is 25.5 Å². The number of imidazole rings is 8. The first-order valence-electron chi connectivity index (χ1n) is 18.2. The lowest BCUT2D eigenvalue weighted by Crippen LogP contribution is -1.87. The van der Waals surface area contributed by atoms with E-state index in [1.807, 2.05) is 135 Å². The molecule has 8 aromatic heterocycles. The molecule has 0 radical (unpaired) electrons. The van der Waals surface area contributed by atoms with Gasteiger partial charge in [0.2, 0.25) is 0 Å². The summed E-state index contributed by atoms with van der Waals surface area (Å²) in [4.78, 5) is 43.7. The summed E-state index contributed by atoms with van der Waals surface area (Å²) in [7, 11) is 7.95. The Morgan fingerprint density at radius 1 is 0.417 bits per heavy atom. The van der Waals surface area contributed by atoms with E-state index in [1.165, 1.54) is 0 Å². The molecule has 0 aromatic carbocycles. The molecule has 16 nitrogen and oxygen atoms in total. The minimum Gasteiger partial charge on any atom is -0.349 e. The van der Waals surface area contributed by atoms with Crippen molar-refractivity contribution in [3.8, 4) is 0 Å². The Bertz CT molecular complexity index is 1980. The lowest BCUT2D eigenvalue weighted by Gasteiger charge is -1.95. The Morgan fingerprint density at radius 2 is 0.800 bits per heavy atom. The topological polar surface area (TPSA) is 186 Å². The van der Waals surface area contributed by atoms with Crippen LogP contribution in [0.2, 0.25) is 0 Å². The highest BCUT2D eigenvalue weighted by Crippen LogP contribution is 2.13. The van der Waals surface area contributed by atoms with Crippen molar-refractivity contribution in [3.05, 3.63) is 111 Å². The third-order valence-corrected chi connectivity index (χ3v) is 11.2. The predicted molar refractivity (Wildman–Crippen MR) is 257 cm³/mol. The Balaban J connectivity index is 0.000000344. The lowest BCUT2D eigenvalue weighted by molar-refractivity contribution is 0.790. The van der Waals surface area contributed by atoms with Crippen molar-refractivity contribution < 1.29 is 0 Å². The molecule has 0 spiro atoms. The summed E-state index contributed by atoms with van der Waals surface area (Å²) in [6.07, 6.45) is 37.2. The van der Waals surface area contributed by atoms with Gasteiger partial charge in [0.25, 0.3) is 0 Å². The first-order chi connectivity index (χ1) is 29.0. The Labute approximate surface area is 380 Å². The normalized spacial score (nSPS) is 9.53. The fourth-order valence-corrected chi connectivity index (χ4v) is 6.65. The van der Waals surface area contributed by atoms with Gasteiger partial charge in [0.1, 0.15) is 11.6 Å². The average molecular weight is 933 g/mol. The van der Waals surface area contributed by atoms with Crippen LogP contribution in [-0.4, -0.2) is 115 Å². The van der Waals surface area contributed by atoms with E-state index in [-0.39, 0.29) is 0 Å². The number of hydrogen-bond acceptors (Lipinski definition) is 14. The fraction of sp³-hybridized carbons (Fsp3) is 0.368. The largest absolute Gasteiger partial charge is 0.349 e. The second-order valence-corrected chi connectivity index (χ2v) is 16.7. The monoisotopic (exact) mass is 932 g/mol. The summed E-state index contributed by atoms with van der Waals surface area (Å²) in [5.74, 6) is 4.19. The molecule has 8 rings (SSSR count). The second-order valence-electron chi connectivity index (χ2n) is 11.1. The van der Waals surface area contributed by atoms with E-state index in [9.17, 15) is 0 Å². The van der Waals surface area contributed by atoms with Crippen LogP contribution < -0.4 is 0 Å². The van der Waals surface area contributed by atoms with Crippen LogP contribution in [0, 0.1) is 13.8 Å². The summed E-state index contributed by atoms with van der Waals surface area (Å²) < 4.78 is 7.98. The maximum atomic E-state index is 4.13. The van der Waals surface area contributed by atoms with Crippen LogP contribution in [0.3, 0.4) is 0 Å². The summed E-state index contributed by atoms with van der Waals surface area (Å²) in [6, 6.07) is 0. The van der Waals surface area contributed by atoms with E-state index in [0.717, 1.165) is 54.1 Å². The molecule has 22 heteroatoms. The molecular formula is C38H60N16S6. The third kappa shape index (κ3) is 24.8. The first-order valence-corrected chi connectivity index (χ1v) is 25.1. The van der Waals surface area contributed by atoms with Crippen LogP contribution in [0.5, 0.6) is 0 Å². The smallest absolute Gasteiger partial charge is 0.167 e. The van der Waals surface area contributed by atoms with E-state index in [0.29, 0.717) is 0 Å². The summed E-state index contributed by atoms with van der Waals surface area (Å²) in [6.45, 7) is 8.12. The molecule has 0 aliphatic carbocycles. The number of nitrogens with one attached hydrogen (secondary N) is 4. The van der Waals surface area contributed by atoms with E-state index >= 15 is 0 Å². The predicted octanol–water partition coefficient (Wildman–Crippen LogP) is 9.05. The molecule has 0 aliphatic heterocycles. The highest BCUT2D eigenvalue weighted by Gasteiger charge is 1.95. The summed E-state index contributed by atoms with van der Waals surface area (Å²) in [5, 5.41) is 6.17. The number of nitrogens with zero attached hydrogens (tertiary/aromatic N) is 12. The molecule has 0 saturated heterocycles. The fourth-order valence-electron chi connectivity index (χ4n) is 3.69. The van der Waals surface area contributed by atoms with Crippen molar-refractivity contribution >= 4 is 70.6 Å². The highest BCUT2D eigenvalue weighted by molar-refractivity contribution is 7.99. The highest BCUT2D eigenvalue weighted by atomic mass is 32.2.